The minimum absolute atomic E-state index is 0. The molecule has 2 saturated carbocycles. The highest BCUT2D eigenvalue weighted by Gasteiger charge is 2.49. The SMILES string of the molecule is CCNC(=O)COc1ccc(NC(=O)C2C3CCC(C3)C2N)cc1.Cl. The van der Waals surface area contributed by atoms with Crippen LogP contribution >= 0.6 is 12.4 Å². The van der Waals surface area contributed by atoms with Crippen molar-refractivity contribution in [2.75, 3.05) is 18.5 Å². The lowest BCUT2D eigenvalue weighted by Gasteiger charge is -2.27. The molecular formula is C18H26ClN3O3. The van der Waals surface area contributed by atoms with Crippen LogP contribution in [0.4, 0.5) is 5.69 Å². The average molecular weight is 368 g/mol. The summed E-state index contributed by atoms with van der Waals surface area (Å²) in [5.74, 6) is 1.33. The Morgan fingerprint density at radius 1 is 1.20 bits per heavy atom. The third kappa shape index (κ3) is 4.44. The Hall–Kier alpha value is -1.79. The van der Waals surface area contributed by atoms with Crippen LogP contribution in [0.3, 0.4) is 0 Å². The predicted molar refractivity (Wildman–Crippen MR) is 98.8 cm³/mol. The van der Waals surface area contributed by atoms with Crippen molar-refractivity contribution in [3.8, 4) is 5.75 Å². The molecule has 2 bridgehead atoms. The number of rotatable bonds is 6. The number of carbonyl (C=O) groups is 2. The molecule has 0 aromatic heterocycles. The summed E-state index contributed by atoms with van der Waals surface area (Å²) in [6, 6.07) is 7.04. The Labute approximate surface area is 154 Å². The van der Waals surface area contributed by atoms with Gasteiger partial charge in [-0.25, -0.2) is 0 Å². The van der Waals surface area contributed by atoms with Crippen LogP contribution in [0, 0.1) is 17.8 Å². The second-order valence-electron chi connectivity index (χ2n) is 6.69. The first-order valence-corrected chi connectivity index (χ1v) is 8.64. The summed E-state index contributed by atoms with van der Waals surface area (Å²) in [6.45, 7) is 2.43. The van der Waals surface area contributed by atoms with Crippen molar-refractivity contribution >= 4 is 29.9 Å². The number of ether oxygens (including phenoxy) is 1. The second kappa shape index (κ2) is 8.54. The normalized spacial score (nSPS) is 26.6. The van der Waals surface area contributed by atoms with E-state index in [1.165, 1.54) is 0 Å². The Balaban J connectivity index is 0.00000225. The van der Waals surface area contributed by atoms with Gasteiger partial charge < -0.3 is 21.1 Å². The molecule has 0 radical (unpaired) electrons. The molecule has 4 unspecified atom stereocenters. The number of hydrogen-bond acceptors (Lipinski definition) is 4. The van der Waals surface area contributed by atoms with Gasteiger partial charge in [-0.1, -0.05) is 0 Å². The van der Waals surface area contributed by atoms with E-state index in [0.29, 0.717) is 24.1 Å². The standard InChI is InChI=1S/C18H25N3O3.ClH/c1-2-20-15(22)10-24-14-7-5-13(6-8-14)21-18(23)16-11-3-4-12(9-11)17(16)19;/h5-8,11-12,16-17H,2-4,9-10,19H2,1H3,(H,20,22)(H,21,23);1H. The molecular weight excluding hydrogens is 342 g/mol. The molecule has 1 aromatic rings. The minimum atomic E-state index is -0.153. The summed E-state index contributed by atoms with van der Waals surface area (Å²) in [7, 11) is 0. The number of benzene rings is 1. The molecule has 2 aliphatic rings. The first kappa shape index (κ1) is 19.5. The topological polar surface area (TPSA) is 93.5 Å². The van der Waals surface area contributed by atoms with Gasteiger partial charge in [-0.2, -0.15) is 0 Å². The first-order chi connectivity index (χ1) is 11.6. The highest BCUT2D eigenvalue weighted by molar-refractivity contribution is 5.93. The fourth-order valence-electron chi connectivity index (χ4n) is 3.98. The lowest BCUT2D eigenvalue weighted by Crippen LogP contribution is -2.42. The summed E-state index contributed by atoms with van der Waals surface area (Å²) in [4.78, 5) is 23.9. The maximum Gasteiger partial charge on any atom is 0.257 e. The van der Waals surface area contributed by atoms with E-state index < -0.39 is 0 Å². The molecule has 25 heavy (non-hydrogen) atoms. The van der Waals surface area contributed by atoms with Crippen LogP contribution in [0.5, 0.6) is 5.75 Å². The zero-order chi connectivity index (χ0) is 17.1. The summed E-state index contributed by atoms with van der Waals surface area (Å²) in [5.41, 5.74) is 6.94. The highest BCUT2D eigenvalue weighted by Crippen LogP contribution is 2.47. The van der Waals surface area contributed by atoms with Gasteiger partial charge in [0.1, 0.15) is 5.75 Å². The quantitative estimate of drug-likeness (QED) is 0.716. The van der Waals surface area contributed by atoms with E-state index >= 15 is 0 Å². The van der Waals surface area contributed by atoms with Gasteiger partial charge in [0, 0.05) is 18.3 Å². The van der Waals surface area contributed by atoms with Gasteiger partial charge in [0.25, 0.3) is 5.91 Å². The number of likely N-dealkylation sites (N-methyl/N-ethyl adjacent to an activating group) is 1. The van der Waals surface area contributed by atoms with Gasteiger partial charge >= 0.3 is 0 Å². The van der Waals surface area contributed by atoms with Crippen molar-refractivity contribution in [1.82, 2.24) is 5.32 Å². The Morgan fingerprint density at radius 2 is 1.88 bits per heavy atom. The summed E-state index contributed by atoms with van der Waals surface area (Å²) in [5, 5.41) is 5.63. The molecule has 4 atom stereocenters. The third-order valence-electron chi connectivity index (χ3n) is 5.15. The van der Waals surface area contributed by atoms with Crippen molar-refractivity contribution in [2.24, 2.45) is 23.5 Å². The van der Waals surface area contributed by atoms with Crippen LogP contribution < -0.4 is 21.1 Å². The largest absolute Gasteiger partial charge is 0.484 e. The van der Waals surface area contributed by atoms with Crippen molar-refractivity contribution in [1.29, 1.82) is 0 Å². The molecule has 138 valence electrons. The fourth-order valence-corrected chi connectivity index (χ4v) is 3.98. The number of anilines is 1. The maximum absolute atomic E-state index is 12.5. The number of hydrogen-bond donors (Lipinski definition) is 3. The van der Waals surface area contributed by atoms with E-state index in [9.17, 15) is 9.59 Å². The number of nitrogens with one attached hydrogen (secondary N) is 2. The molecule has 6 nitrogen and oxygen atoms in total. The van der Waals surface area contributed by atoms with Crippen molar-refractivity contribution in [3.05, 3.63) is 24.3 Å². The average Bonchev–Trinajstić information content (AvgIpc) is 3.15. The fraction of sp³-hybridized carbons (Fsp3) is 0.556. The Morgan fingerprint density at radius 3 is 2.48 bits per heavy atom. The van der Waals surface area contributed by atoms with E-state index in [2.05, 4.69) is 10.6 Å². The van der Waals surface area contributed by atoms with Crippen LogP contribution in [-0.2, 0) is 9.59 Å². The van der Waals surface area contributed by atoms with Gasteiger partial charge in [-0.3, -0.25) is 9.59 Å². The number of amides is 2. The molecule has 2 aliphatic carbocycles. The van der Waals surface area contributed by atoms with Crippen LogP contribution in [0.1, 0.15) is 26.2 Å². The van der Waals surface area contributed by atoms with Gasteiger partial charge in [0.15, 0.2) is 6.61 Å². The third-order valence-corrected chi connectivity index (χ3v) is 5.15. The molecule has 7 heteroatoms. The van der Waals surface area contributed by atoms with E-state index in [0.717, 1.165) is 24.9 Å². The van der Waals surface area contributed by atoms with Crippen LogP contribution in [-0.4, -0.2) is 31.0 Å². The first-order valence-electron chi connectivity index (χ1n) is 8.64. The Kier molecular flexibility index (Phi) is 6.67. The number of carbonyl (C=O) groups excluding carboxylic acids is 2. The summed E-state index contributed by atoms with van der Waals surface area (Å²) in [6.07, 6.45) is 3.36. The molecule has 2 fully saturated rings. The maximum atomic E-state index is 12.5. The minimum Gasteiger partial charge on any atom is -0.484 e. The molecule has 0 heterocycles. The lowest BCUT2D eigenvalue weighted by atomic mass is 9.84. The molecule has 0 spiro atoms. The van der Waals surface area contributed by atoms with Crippen LogP contribution in [0.2, 0.25) is 0 Å². The summed E-state index contributed by atoms with van der Waals surface area (Å²) >= 11 is 0. The monoisotopic (exact) mass is 367 g/mol. The van der Waals surface area contributed by atoms with E-state index in [1.54, 1.807) is 24.3 Å². The van der Waals surface area contributed by atoms with Crippen LogP contribution in [0.25, 0.3) is 0 Å². The Bertz CT molecular complexity index is 606. The van der Waals surface area contributed by atoms with Crippen molar-refractivity contribution in [3.63, 3.8) is 0 Å². The number of fused-ring (bicyclic) bond motifs is 2. The van der Waals surface area contributed by atoms with Crippen LogP contribution in [0.15, 0.2) is 24.3 Å². The zero-order valence-corrected chi connectivity index (χ0v) is 15.2. The van der Waals surface area contributed by atoms with Crippen molar-refractivity contribution < 1.29 is 14.3 Å². The lowest BCUT2D eigenvalue weighted by molar-refractivity contribution is -0.123. The van der Waals surface area contributed by atoms with E-state index in [4.69, 9.17) is 10.5 Å². The van der Waals surface area contributed by atoms with Gasteiger partial charge in [-0.05, 0) is 62.3 Å². The second-order valence-corrected chi connectivity index (χ2v) is 6.69. The number of nitrogens with two attached hydrogens (primary N) is 1. The molecule has 4 N–H and O–H groups in total. The van der Waals surface area contributed by atoms with Gasteiger partial charge in [-0.15, -0.1) is 12.4 Å². The molecule has 1 aromatic carbocycles. The zero-order valence-electron chi connectivity index (χ0n) is 14.4. The smallest absolute Gasteiger partial charge is 0.257 e. The molecule has 0 saturated heterocycles. The van der Waals surface area contributed by atoms with Gasteiger partial charge in [0.05, 0.1) is 5.92 Å². The van der Waals surface area contributed by atoms with E-state index in [1.807, 2.05) is 6.92 Å². The summed E-state index contributed by atoms with van der Waals surface area (Å²) < 4.78 is 5.39. The van der Waals surface area contributed by atoms with Gasteiger partial charge in [0.2, 0.25) is 5.91 Å². The molecule has 3 rings (SSSR count). The van der Waals surface area contributed by atoms with Crippen molar-refractivity contribution in [2.45, 2.75) is 32.2 Å². The predicted octanol–water partition coefficient (Wildman–Crippen LogP) is 1.94. The van der Waals surface area contributed by atoms with E-state index in [-0.39, 0.29) is 42.8 Å². The molecule has 0 aliphatic heterocycles. The molecule has 2 amide bonds. The highest BCUT2D eigenvalue weighted by atomic mass is 35.5. The number of halogens is 1.